The van der Waals surface area contributed by atoms with Gasteiger partial charge in [-0.05, 0) is 5.66 Å². The minimum absolute atomic E-state index is 0.875. The number of rotatable bonds is 1. The molecule has 2 heteroatoms. The topological polar surface area (TPSA) is 0 Å². The van der Waals surface area contributed by atoms with Gasteiger partial charge in [0.05, 0.1) is 0 Å². The van der Waals surface area contributed by atoms with Crippen molar-refractivity contribution in [2.75, 3.05) is 0 Å². The normalized spacial score (nSPS) is 12.0. The van der Waals surface area contributed by atoms with E-state index in [1.54, 1.807) is 0 Å². The van der Waals surface area contributed by atoms with Crippen molar-refractivity contribution in [1.82, 2.24) is 0 Å². The lowest BCUT2D eigenvalue weighted by molar-refractivity contribution is 1.11. The summed E-state index contributed by atoms with van der Waals surface area (Å²) in [5.41, 5.74) is 0.875. The van der Waals surface area contributed by atoms with Crippen molar-refractivity contribution in [2.45, 2.75) is 19.5 Å². The van der Waals surface area contributed by atoms with Crippen molar-refractivity contribution >= 4 is 17.2 Å². The van der Waals surface area contributed by atoms with E-state index in [1.165, 1.54) is 0 Å². The lowest BCUT2D eigenvalue weighted by Gasteiger charge is -1.91. The van der Waals surface area contributed by atoms with Crippen LogP contribution >= 0.6 is 17.2 Å². The van der Waals surface area contributed by atoms with E-state index in [-0.39, 0.29) is 0 Å². The van der Waals surface area contributed by atoms with Crippen molar-refractivity contribution in [3.8, 4) is 0 Å². The smallest absolute Gasteiger partial charge is 0.0259 e. The average Bonchev–Trinajstić information content (AvgIpc) is 1.38. The van der Waals surface area contributed by atoms with Gasteiger partial charge in [-0.1, -0.05) is 22.1 Å². The second-order valence-electron chi connectivity index (χ2n) is 1.32. The van der Waals surface area contributed by atoms with Gasteiger partial charge in [-0.3, -0.25) is 0 Å². The zero-order valence-electron chi connectivity index (χ0n) is 3.65. The third-order valence-electron chi connectivity index (χ3n) is 0.333. The summed E-state index contributed by atoms with van der Waals surface area (Å²) in [7, 11) is 3.75. The lowest BCUT2D eigenvalue weighted by Crippen LogP contribution is -1.73. The molecule has 0 nitrogen and oxygen atoms in total. The van der Waals surface area contributed by atoms with Gasteiger partial charge in [0.25, 0.3) is 0 Å². The Hall–Kier alpha value is 0.860. The van der Waals surface area contributed by atoms with Gasteiger partial charge in [-0.25, -0.2) is 0 Å². The highest BCUT2D eigenvalue weighted by Gasteiger charge is 1.79. The van der Waals surface area contributed by atoms with Crippen LogP contribution in [-0.4, -0.2) is 5.66 Å². The quantitative estimate of drug-likeness (QED) is 0.450. The zero-order valence-corrected chi connectivity index (χ0v) is 5.81. The molecule has 0 radical (unpaired) electrons. The molecule has 0 rings (SSSR count). The van der Waals surface area contributed by atoms with Crippen LogP contribution in [-0.2, 0) is 0 Å². The molecule has 0 aliphatic heterocycles. The van der Waals surface area contributed by atoms with Crippen LogP contribution in [0.4, 0.5) is 0 Å². The first kappa shape index (κ1) is 5.86. The standard InChI is InChI=1S/C3H10P2/c1-3(2)5-4/h3,5H,4H2,1-2H3. The summed E-state index contributed by atoms with van der Waals surface area (Å²) in [5.74, 6) is 0. The first-order valence-electron chi connectivity index (χ1n) is 1.73. The summed E-state index contributed by atoms with van der Waals surface area (Å²) in [6.07, 6.45) is 0. The Balaban J connectivity index is 2.54. The van der Waals surface area contributed by atoms with Crippen LogP contribution in [0.15, 0.2) is 0 Å². The van der Waals surface area contributed by atoms with Crippen molar-refractivity contribution in [3.05, 3.63) is 0 Å². The minimum Gasteiger partial charge on any atom is -0.114 e. The van der Waals surface area contributed by atoms with E-state index in [2.05, 4.69) is 22.8 Å². The van der Waals surface area contributed by atoms with Crippen molar-refractivity contribution in [3.63, 3.8) is 0 Å². The zero-order chi connectivity index (χ0) is 4.28. The monoisotopic (exact) mass is 108 g/mol. The van der Waals surface area contributed by atoms with Gasteiger partial charge in [0.2, 0.25) is 0 Å². The molecule has 0 aromatic heterocycles. The van der Waals surface area contributed by atoms with Gasteiger partial charge in [-0.2, -0.15) is 0 Å². The van der Waals surface area contributed by atoms with Crippen LogP contribution in [0, 0.1) is 0 Å². The van der Waals surface area contributed by atoms with Gasteiger partial charge < -0.3 is 0 Å². The van der Waals surface area contributed by atoms with Crippen molar-refractivity contribution in [1.29, 1.82) is 0 Å². The molecule has 0 fully saturated rings. The highest BCUT2D eigenvalue weighted by molar-refractivity contribution is 8.03. The van der Waals surface area contributed by atoms with Crippen LogP contribution in [0.5, 0.6) is 0 Å². The molecule has 0 spiro atoms. The summed E-state index contributed by atoms with van der Waals surface area (Å²) < 4.78 is 0. The second-order valence-corrected chi connectivity index (χ2v) is 3.81. The van der Waals surface area contributed by atoms with E-state index >= 15 is 0 Å². The molecule has 2 atom stereocenters. The molecule has 2 unspecified atom stereocenters. The molecule has 0 aromatic rings. The average molecular weight is 108 g/mol. The van der Waals surface area contributed by atoms with E-state index in [0.717, 1.165) is 13.9 Å². The van der Waals surface area contributed by atoms with Crippen molar-refractivity contribution in [2.24, 2.45) is 0 Å². The van der Waals surface area contributed by atoms with Gasteiger partial charge in [0, 0.05) is 0 Å². The van der Waals surface area contributed by atoms with Crippen LogP contribution in [0.3, 0.4) is 0 Å². The van der Waals surface area contributed by atoms with E-state index in [9.17, 15) is 0 Å². The Morgan fingerprint density at radius 3 is 1.80 bits per heavy atom. The first-order valence-corrected chi connectivity index (χ1v) is 4.62. The highest BCUT2D eigenvalue weighted by Crippen LogP contribution is 2.25. The molecule has 0 aromatic carbocycles. The second kappa shape index (κ2) is 3.07. The summed E-state index contributed by atoms with van der Waals surface area (Å²) in [5, 5.41) is 0. The third-order valence-corrected chi connectivity index (χ3v) is 3.00. The van der Waals surface area contributed by atoms with Crippen molar-refractivity contribution < 1.29 is 0 Å². The Morgan fingerprint density at radius 2 is 1.80 bits per heavy atom. The summed E-state index contributed by atoms with van der Waals surface area (Å²) in [6, 6.07) is 0. The molecule has 0 saturated carbocycles. The molecule has 0 heterocycles. The van der Waals surface area contributed by atoms with Gasteiger partial charge >= 0.3 is 0 Å². The molecular formula is C3H10P2. The number of hydrogen-bond donors (Lipinski definition) is 0. The highest BCUT2D eigenvalue weighted by atomic mass is 32.0. The van der Waals surface area contributed by atoms with E-state index in [4.69, 9.17) is 0 Å². The molecule has 5 heavy (non-hydrogen) atoms. The molecule has 0 aliphatic carbocycles. The fourth-order valence-electron chi connectivity index (χ4n) is 0. The minimum atomic E-state index is 0.875. The van der Waals surface area contributed by atoms with Gasteiger partial charge in [-0.15, -0.1) is 8.93 Å². The molecular weight excluding hydrogens is 98.0 g/mol. The predicted molar refractivity (Wildman–Crippen MR) is 33.2 cm³/mol. The summed E-state index contributed by atoms with van der Waals surface area (Å²) in [4.78, 5) is 0. The predicted octanol–water partition coefficient (Wildman–Crippen LogP) is 1.86. The Kier molecular flexibility index (Phi) is 3.59. The first-order chi connectivity index (χ1) is 2.27. The largest absolute Gasteiger partial charge is 0.114 e. The van der Waals surface area contributed by atoms with E-state index in [1.807, 2.05) is 0 Å². The Morgan fingerprint density at radius 1 is 1.60 bits per heavy atom. The van der Waals surface area contributed by atoms with E-state index in [0.29, 0.717) is 0 Å². The molecule has 32 valence electrons. The fourth-order valence-corrected chi connectivity index (χ4v) is 0. The van der Waals surface area contributed by atoms with Crippen LogP contribution in [0.25, 0.3) is 0 Å². The third kappa shape index (κ3) is 4.86. The molecule has 0 amide bonds. The molecule has 0 aliphatic rings. The van der Waals surface area contributed by atoms with E-state index < -0.39 is 0 Å². The maximum atomic E-state index is 2.72. The summed E-state index contributed by atoms with van der Waals surface area (Å²) in [6.45, 7) is 4.43. The molecule has 0 N–H and O–H groups in total. The van der Waals surface area contributed by atoms with Crippen LogP contribution in [0.2, 0.25) is 0 Å². The molecule has 0 saturated heterocycles. The van der Waals surface area contributed by atoms with Crippen LogP contribution < -0.4 is 0 Å². The van der Waals surface area contributed by atoms with Gasteiger partial charge in [0.15, 0.2) is 0 Å². The lowest BCUT2D eigenvalue weighted by atomic mass is 10.6. The van der Waals surface area contributed by atoms with Gasteiger partial charge in [0.1, 0.15) is 0 Å². The SMILES string of the molecule is CC(C)PP. The Labute approximate surface area is 37.6 Å². The van der Waals surface area contributed by atoms with Crippen LogP contribution in [0.1, 0.15) is 13.8 Å². The number of hydrogen-bond acceptors (Lipinski definition) is 0. The Bertz CT molecular complexity index is 18.9. The summed E-state index contributed by atoms with van der Waals surface area (Å²) >= 11 is 0. The maximum Gasteiger partial charge on any atom is -0.0259 e. The fraction of sp³-hybridized carbons (Fsp3) is 1.00. The maximum absolute atomic E-state index is 2.72. The molecule has 0 bridgehead atoms.